The number of carbonyl (C=O) groups is 1. The van der Waals surface area contributed by atoms with Gasteiger partial charge < -0.3 is 15.6 Å². The number of aromatic hydroxyl groups is 1. The van der Waals surface area contributed by atoms with Gasteiger partial charge in [-0.3, -0.25) is 4.79 Å². The molecule has 1 amide bonds. The van der Waals surface area contributed by atoms with E-state index < -0.39 is 5.91 Å². The molecule has 0 saturated carbocycles. The second-order valence-electron chi connectivity index (χ2n) is 6.15. The van der Waals surface area contributed by atoms with E-state index in [2.05, 4.69) is 22.0 Å². The number of hydrogen-bond acceptors (Lipinski definition) is 5. The van der Waals surface area contributed by atoms with Crippen LogP contribution in [0.2, 0.25) is 0 Å². The van der Waals surface area contributed by atoms with E-state index in [4.69, 9.17) is 5.73 Å². The van der Waals surface area contributed by atoms with E-state index in [0.717, 1.165) is 28.9 Å². The molecule has 2 aromatic carbocycles. The molecule has 0 spiro atoms. The summed E-state index contributed by atoms with van der Waals surface area (Å²) in [6.07, 6.45) is 3.50. The van der Waals surface area contributed by atoms with Crippen LogP contribution in [0.3, 0.4) is 0 Å². The van der Waals surface area contributed by atoms with E-state index in [0.29, 0.717) is 12.1 Å². The lowest BCUT2D eigenvalue weighted by atomic mass is 9.88. The van der Waals surface area contributed by atoms with Gasteiger partial charge in [-0.1, -0.05) is 24.1 Å². The van der Waals surface area contributed by atoms with Crippen LogP contribution in [0.5, 0.6) is 5.75 Å². The van der Waals surface area contributed by atoms with Crippen LogP contribution in [0, 0.1) is 0 Å². The summed E-state index contributed by atoms with van der Waals surface area (Å²) >= 11 is 1.52. The third-order valence-electron chi connectivity index (χ3n) is 4.52. The van der Waals surface area contributed by atoms with Gasteiger partial charge in [0.1, 0.15) is 5.75 Å². The van der Waals surface area contributed by atoms with Crippen LogP contribution >= 0.6 is 11.9 Å². The topological polar surface area (TPSA) is 93.2 Å². The Bertz CT molecular complexity index is 1010. The zero-order valence-electron chi connectivity index (χ0n) is 14.2. The van der Waals surface area contributed by atoms with Crippen LogP contribution in [-0.4, -0.2) is 27.0 Å². The zero-order valence-corrected chi connectivity index (χ0v) is 15.0. The Kier molecular flexibility index (Phi) is 4.08. The van der Waals surface area contributed by atoms with E-state index in [1.54, 1.807) is 22.9 Å². The molecule has 7 heteroatoms. The van der Waals surface area contributed by atoms with Gasteiger partial charge >= 0.3 is 0 Å². The number of carbonyl (C=O) groups excluding carboxylic acids is 1. The van der Waals surface area contributed by atoms with Crippen molar-refractivity contribution in [3.63, 3.8) is 0 Å². The third-order valence-corrected chi connectivity index (χ3v) is 4.96. The van der Waals surface area contributed by atoms with E-state index in [1.165, 1.54) is 17.5 Å². The van der Waals surface area contributed by atoms with Crippen LogP contribution in [0.15, 0.2) is 42.5 Å². The molecule has 0 bridgehead atoms. The maximum Gasteiger partial charge on any atom is 0.269 e. The average molecular weight is 366 g/mol. The first kappa shape index (κ1) is 16.5. The maximum absolute atomic E-state index is 11.9. The Labute approximate surface area is 155 Å². The SMILES string of the molecule is CSNc1ccc2c(c1)-c1c(c(C(N)=O)nn1-c1cccc(O)c1)CC2. The molecule has 132 valence electrons. The van der Waals surface area contributed by atoms with Crippen LogP contribution in [0.4, 0.5) is 5.69 Å². The largest absolute Gasteiger partial charge is 0.508 e. The summed E-state index contributed by atoms with van der Waals surface area (Å²) in [6, 6.07) is 13.0. The number of rotatable bonds is 4. The van der Waals surface area contributed by atoms with Crippen LogP contribution in [0.1, 0.15) is 21.6 Å². The summed E-state index contributed by atoms with van der Waals surface area (Å²) in [7, 11) is 0. The fourth-order valence-electron chi connectivity index (χ4n) is 3.43. The van der Waals surface area contributed by atoms with Crippen molar-refractivity contribution in [2.24, 2.45) is 5.73 Å². The first-order chi connectivity index (χ1) is 12.6. The molecule has 1 aromatic heterocycles. The molecular formula is C19H18N4O2S. The van der Waals surface area contributed by atoms with Crippen molar-refractivity contribution in [2.75, 3.05) is 11.0 Å². The first-order valence-corrected chi connectivity index (χ1v) is 9.44. The zero-order chi connectivity index (χ0) is 18.3. The number of hydrogen-bond donors (Lipinski definition) is 3. The Morgan fingerprint density at radius 3 is 2.85 bits per heavy atom. The first-order valence-electron chi connectivity index (χ1n) is 8.22. The smallest absolute Gasteiger partial charge is 0.269 e. The van der Waals surface area contributed by atoms with Gasteiger partial charge in [0.25, 0.3) is 5.91 Å². The highest BCUT2D eigenvalue weighted by Crippen LogP contribution is 2.38. The van der Waals surface area contributed by atoms with Crippen LogP contribution < -0.4 is 10.5 Å². The summed E-state index contributed by atoms with van der Waals surface area (Å²) in [6.45, 7) is 0. The molecule has 26 heavy (non-hydrogen) atoms. The molecule has 0 radical (unpaired) electrons. The highest BCUT2D eigenvalue weighted by Gasteiger charge is 2.28. The number of aryl methyl sites for hydroxylation is 1. The fraction of sp³-hybridized carbons (Fsp3) is 0.158. The second kappa shape index (κ2) is 6.42. The quantitative estimate of drug-likeness (QED) is 0.617. The number of primary amides is 1. The van der Waals surface area contributed by atoms with Crippen molar-refractivity contribution in [3.05, 3.63) is 59.3 Å². The van der Waals surface area contributed by atoms with E-state index >= 15 is 0 Å². The van der Waals surface area contributed by atoms with Gasteiger partial charge in [-0.05, 0) is 42.7 Å². The third kappa shape index (κ3) is 2.70. The number of fused-ring (bicyclic) bond motifs is 3. The van der Waals surface area contributed by atoms with Crippen molar-refractivity contribution < 1.29 is 9.90 Å². The predicted molar refractivity (Wildman–Crippen MR) is 104 cm³/mol. The number of phenols is 1. The monoisotopic (exact) mass is 366 g/mol. The summed E-state index contributed by atoms with van der Waals surface area (Å²) in [5.74, 6) is -0.400. The number of aromatic nitrogens is 2. The van der Waals surface area contributed by atoms with Gasteiger partial charge in [0.15, 0.2) is 5.69 Å². The Balaban J connectivity index is 1.99. The van der Waals surface area contributed by atoms with Crippen molar-refractivity contribution >= 4 is 23.5 Å². The van der Waals surface area contributed by atoms with Crippen LogP contribution in [-0.2, 0) is 12.8 Å². The van der Waals surface area contributed by atoms with Crippen molar-refractivity contribution in [1.82, 2.24) is 9.78 Å². The maximum atomic E-state index is 11.9. The summed E-state index contributed by atoms with van der Waals surface area (Å²) in [5.41, 5.74) is 11.5. The molecule has 1 aliphatic carbocycles. The number of phenolic OH excluding ortho intramolecular Hbond substituents is 1. The van der Waals surface area contributed by atoms with E-state index in [-0.39, 0.29) is 11.4 Å². The Hall–Kier alpha value is -2.93. The van der Waals surface area contributed by atoms with Gasteiger partial charge in [-0.15, -0.1) is 0 Å². The van der Waals surface area contributed by atoms with Gasteiger partial charge in [-0.25, -0.2) is 4.68 Å². The minimum Gasteiger partial charge on any atom is -0.508 e. The fourth-order valence-corrected chi connectivity index (χ4v) is 3.79. The number of benzene rings is 2. The minimum absolute atomic E-state index is 0.140. The molecular weight excluding hydrogens is 348 g/mol. The Morgan fingerprint density at radius 1 is 1.27 bits per heavy atom. The highest BCUT2D eigenvalue weighted by atomic mass is 32.2. The molecule has 0 fully saturated rings. The molecule has 4 rings (SSSR count). The van der Waals surface area contributed by atoms with Gasteiger partial charge in [0.2, 0.25) is 0 Å². The lowest BCUT2D eigenvalue weighted by Crippen LogP contribution is -2.15. The van der Waals surface area contributed by atoms with Gasteiger partial charge in [0, 0.05) is 29.1 Å². The second-order valence-corrected chi connectivity index (χ2v) is 6.76. The Morgan fingerprint density at radius 2 is 2.12 bits per heavy atom. The lowest BCUT2D eigenvalue weighted by Gasteiger charge is -2.20. The molecule has 3 aromatic rings. The van der Waals surface area contributed by atoms with Crippen LogP contribution in [0.25, 0.3) is 16.9 Å². The molecule has 0 unspecified atom stereocenters. The molecule has 0 atom stereocenters. The van der Waals surface area contributed by atoms with E-state index in [9.17, 15) is 9.90 Å². The average Bonchev–Trinajstić information content (AvgIpc) is 3.02. The van der Waals surface area contributed by atoms with Gasteiger partial charge in [-0.2, -0.15) is 5.10 Å². The van der Waals surface area contributed by atoms with Crippen molar-refractivity contribution in [1.29, 1.82) is 0 Å². The number of nitrogens with one attached hydrogen (secondary N) is 1. The summed E-state index contributed by atoms with van der Waals surface area (Å²) in [5, 5.41) is 14.3. The molecule has 1 aliphatic rings. The summed E-state index contributed by atoms with van der Waals surface area (Å²) < 4.78 is 4.95. The molecule has 4 N–H and O–H groups in total. The number of nitrogens with zero attached hydrogens (tertiary/aromatic N) is 2. The summed E-state index contributed by atoms with van der Waals surface area (Å²) in [4.78, 5) is 11.9. The minimum atomic E-state index is -0.540. The highest BCUT2D eigenvalue weighted by molar-refractivity contribution is 7.99. The molecule has 1 heterocycles. The predicted octanol–water partition coefficient (Wildman–Crippen LogP) is 3.13. The molecule has 0 saturated heterocycles. The normalized spacial score (nSPS) is 12.3. The lowest BCUT2D eigenvalue weighted by molar-refractivity contribution is 0.0994. The molecule has 6 nitrogen and oxygen atoms in total. The number of anilines is 1. The standard InChI is InChI=1S/C19H18N4O2S/c1-26-22-12-7-5-11-6-8-15-17(19(20)25)21-23(18(15)16(11)9-12)13-3-2-4-14(24)10-13/h2-5,7,9-10,22,24H,6,8H2,1H3,(H2,20,25). The van der Waals surface area contributed by atoms with Crippen molar-refractivity contribution in [3.8, 4) is 22.7 Å². The van der Waals surface area contributed by atoms with Gasteiger partial charge in [0.05, 0.1) is 11.4 Å². The number of nitrogens with two attached hydrogens (primary N) is 1. The van der Waals surface area contributed by atoms with E-state index in [1.807, 2.05) is 18.4 Å². The van der Waals surface area contributed by atoms with Crippen molar-refractivity contribution in [2.45, 2.75) is 12.8 Å². The number of amides is 1. The molecule has 0 aliphatic heterocycles.